The fraction of sp³-hybridized carbons (Fsp3) is 0.562. The summed E-state index contributed by atoms with van der Waals surface area (Å²) in [5.74, 6) is -0.545. The topological polar surface area (TPSA) is 104 Å². The number of hydrogen-bond acceptors (Lipinski definition) is 7. The molecule has 1 aliphatic rings. The summed E-state index contributed by atoms with van der Waals surface area (Å²) in [5, 5.41) is 12.2. The Hall–Kier alpha value is -2.70. The molecule has 13 heteroatoms. The molecule has 0 saturated carbocycles. The molecular formula is C16H19F3N6O3S. The van der Waals surface area contributed by atoms with Crippen molar-refractivity contribution in [3.8, 4) is 0 Å². The minimum absolute atomic E-state index is 0.0101. The molecule has 9 nitrogen and oxygen atoms in total. The SMILES string of the molecule is Cc1nc(C)n(CC(=O)N2CCN(c3sc(C(F)(F)F)nc3C(=O)O)C[C@@H]2C)n1. The third-order valence-corrected chi connectivity index (χ3v) is 5.70. The van der Waals surface area contributed by atoms with E-state index in [4.69, 9.17) is 0 Å². The molecule has 0 aromatic carbocycles. The molecule has 1 saturated heterocycles. The Balaban J connectivity index is 1.74. The molecule has 1 atom stereocenters. The summed E-state index contributed by atoms with van der Waals surface area (Å²) in [4.78, 5) is 34.6. The Kier molecular flexibility index (Phi) is 5.52. The van der Waals surface area contributed by atoms with Gasteiger partial charge in [0.05, 0.1) is 0 Å². The summed E-state index contributed by atoms with van der Waals surface area (Å²) in [5.41, 5.74) is -0.622. The minimum Gasteiger partial charge on any atom is -0.476 e. The van der Waals surface area contributed by atoms with Gasteiger partial charge in [0.15, 0.2) is 5.69 Å². The fourth-order valence-electron chi connectivity index (χ4n) is 3.23. The van der Waals surface area contributed by atoms with Crippen LogP contribution in [0.1, 0.15) is 34.1 Å². The van der Waals surface area contributed by atoms with Gasteiger partial charge < -0.3 is 14.9 Å². The molecule has 29 heavy (non-hydrogen) atoms. The number of carbonyl (C=O) groups is 2. The maximum atomic E-state index is 13.0. The molecule has 3 heterocycles. The van der Waals surface area contributed by atoms with Gasteiger partial charge in [-0.3, -0.25) is 4.79 Å². The zero-order chi connectivity index (χ0) is 21.5. The molecule has 3 rings (SSSR count). The second-order valence-electron chi connectivity index (χ2n) is 6.72. The van der Waals surface area contributed by atoms with Gasteiger partial charge in [-0.05, 0) is 20.8 Å². The van der Waals surface area contributed by atoms with Gasteiger partial charge in [-0.25, -0.2) is 19.4 Å². The van der Waals surface area contributed by atoms with Crippen LogP contribution in [0, 0.1) is 13.8 Å². The third-order valence-electron chi connectivity index (χ3n) is 4.54. The molecule has 1 N–H and O–H groups in total. The van der Waals surface area contributed by atoms with E-state index in [-0.39, 0.29) is 43.1 Å². The van der Waals surface area contributed by atoms with Crippen molar-refractivity contribution in [2.75, 3.05) is 24.5 Å². The number of nitrogens with zero attached hydrogens (tertiary/aromatic N) is 6. The number of aromatic nitrogens is 4. The highest BCUT2D eigenvalue weighted by molar-refractivity contribution is 7.16. The Morgan fingerprint density at radius 3 is 2.45 bits per heavy atom. The van der Waals surface area contributed by atoms with Crippen molar-refractivity contribution in [2.45, 2.75) is 39.5 Å². The number of hydrogen-bond donors (Lipinski definition) is 1. The Bertz CT molecular complexity index is 941. The van der Waals surface area contributed by atoms with E-state index >= 15 is 0 Å². The first-order valence-corrected chi connectivity index (χ1v) is 9.52. The molecule has 1 amide bonds. The largest absolute Gasteiger partial charge is 0.476 e. The summed E-state index contributed by atoms with van der Waals surface area (Å²) < 4.78 is 40.4. The van der Waals surface area contributed by atoms with Crippen LogP contribution in [0.3, 0.4) is 0 Å². The third kappa shape index (κ3) is 4.33. The van der Waals surface area contributed by atoms with Gasteiger partial charge in [-0.2, -0.15) is 18.3 Å². The van der Waals surface area contributed by atoms with Gasteiger partial charge >= 0.3 is 12.1 Å². The zero-order valence-electron chi connectivity index (χ0n) is 15.9. The van der Waals surface area contributed by atoms with E-state index in [9.17, 15) is 27.9 Å². The van der Waals surface area contributed by atoms with Crippen molar-refractivity contribution in [3.05, 3.63) is 22.4 Å². The van der Waals surface area contributed by atoms with Gasteiger partial charge in [-0.15, -0.1) is 0 Å². The Morgan fingerprint density at radius 2 is 1.93 bits per heavy atom. The average Bonchev–Trinajstić information content (AvgIpc) is 3.18. The van der Waals surface area contributed by atoms with E-state index in [0.717, 1.165) is 0 Å². The Labute approximate surface area is 167 Å². The van der Waals surface area contributed by atoms with Crippen LogP contribution < -0.4 is 4.90 Å². The van der Waals surface area contributed by atoms with Crippen molar-refractivity contribution < 1.29 is 27.9 Å². The maximum absolute atomic E-state index is 13.0. The number of carboxylic acid groups (broad SMARTS) is 1. The van der Waals surface area contributed by atoms with E-state index in [0.29, 0.717) is 23.0 Å². The average molecular weight is 432 g/mol. The van der Waals surface area contributed by atoms with Crippen molar-refractivity contribution in [1.82, 2.24) is 24.6 Å². The standard InChI is InChI=1S/C16H19F3N6O3S/c1-8-6-23(13-12(14(27)28)21-15(29-13)16(17,18)19)4-5-24(8)11(26)7-25-10(3)20-9(2)22-25/h8H,4-7H2,1-3H3,(H,27,28)/t8-/m0/s1. The van der Waals surface area contributed by atoms with Crippen LogP contribution in [0.25, 0.3) is 0 Å². The van der Waals surface area contributed by atoms with E-state index in [1.807, 2.05) is 0 Å². The van der Waals surface area contributed by atoms with Crippen LogP contribution in [0.4, 0.5) is 18.2 Å². The number of carboxylic acids is 1. The van der Waals surface area contributed by atoms with Gasteiger partial charge in [0.2, 0.25) is 10.9 Å². The lowest BCUT2D eigenvalue weighted by Gasteiger charge is -2.40. The molecule has 2 aromatic rings. The molecule has 158 valence electrons. The molecule has 1 fully saturated rings. The van der Waals surface area contributed by atoms with E-state index in [1.54, 1.807) is 25.7 Å². The smallest absolute Gasteiger partial charge is 0.443 e. The van der Waals surface area contributed by atoms with Crippen molar-refractivity contribution >= 4 is 28.2 Å². The first-order valence-electron chi connectivity index (χ1n) is 8.71. The van der Waals surface area contributed by atoms with Gasteiger partial charge in [0.25, 0.3) is 0 Å². The number of thiazole rings is 1. The zero-order valence-corrected chi connectivity index (χ0v) is 16.7. The summed E-state index contributed by atoms with van der Waals surface area (Å²) >= 11 is 0.303. The fourth-order valence-corrected chi connectivity index (χ4v) is 4.19. The Morgan fingerprint density at radius 1 is 1.24 bits per heavy atom. The predicted molar refractivity (Wildman–Crippen MR) is 97.0 cm³/mol. The summed E-state index contributed by atoms with van der Waals surface area (Å²) in [6.07, 6.45) is -4.72. The number of carbonyl (C=O) groups excluding carboxylic acids is 1. The lowest BCUT2D eigenvalue weighted by atomic mass is 10.2. The molecule has 0 radical (unpaired) electrons. The van der Waals surface area contributed by atoms with Gasteiger partial charge in [0.1, 0.15) is 23.2 Å². The van der Waals surface area contributed by atoms with E-state index in [1.165, 1.54) is 9.58 Å². The molecule has 0 aliphatic carbocycles. The predicted octanol–water partition coefficient (Wildman–Crippen LogP) is 1.81. The van der Waals surface area contributed by atoms with Crippen LogP contribution in [-0.4, -0.2) is 67.3 Å². The van der Waals surface area contributed by atoms with Gasteiger partial charge in [0, 0.05) is 25.7 Å². The number of aromatic carboxylic acids is 1. The molecule has 0 bridgehead atoms. The number of piperazine rings is 1. The van der Waals surface area contributed by atoms with E-state index in [2.05, 4.69) is 15.1 Å². The highest BCUT2D eigenvalue weighted by atomic mass is 32.1. The highest BCUT2D eigenvalue weighted by Crippen LogP contribution is 2.39. The highest BCUT2D eigenvalue weighted by Gasteiger charge is 2.39. The monoisotopic (exact) mass is 432 g/mol. The maximum Gasteiger partial charge on any atom is 0.443 e. The van der Waals surface area contributed by atoms with Crippen molar-refractivity contribution in [2.24, 2.45) is 0 Å². The summed E-state index contributed by atoms with van der Waals surface area (Å²) in [6.45, 7) is 5.87. The molecular weight excluding hydrogens is 413 g/mol. The number of aryl methyl sites for hydroxylation is 2. The van der Waals surface area contributed by atoms with Crippen LogP contribution in [0.2, 0.25) is 0 Å². The van der Waals surface area contributed by atoms with E-state index < -0.39 is 22.8 Å². The van der Waals surface area contributed by atoms with Crippen LogP contribution >= 0.6 is 11.3 Å². The van der Waals surface area contributed by atoms with Gasteiger partial charge in [-0.1, -0.05) is 11.3 Å². The van der Waals surface area contributed by atoms with Crippen LogP contribution in [0.5, 0.6) is 0 Å². The number of amides is 1. The lowest BCUT2D eigenvalue weighted by Crippen LogP contribution is -2.55. The number of anilines is 1. The minimum atomic E-state index is -4.72. The second kappa shape index (κ2) is 7.61. The van der Waals surface area contributed by atoms with Crippen molar-refractivity contribution in [3.63, 3.8) is 0 Å². The molecule has 2 aromatic heterocycles. The molecule has 0 unspecified atom stereocenters. The number of rotatable bonds is 4. The normalized spacial score (nSPS) is 17.7. The number of alkyl halides is 3. The van der Waals surface area contributed by atoms with Crippen LogP contribution in [-0.2, 0) is 17.5 Å². The second-order valence-corrected chi connectivity index (χ2v) is 7.70. The quantitative estimate of drug-likeness (QED) is 0.786. The first-order chi connectivity index (χ1) is 13.5. The molecule has 0 spiro atoms. The summed E-state index contributed by atoms with van der Waals surface area (Å²) in [7, 11) is 0. The first kappa shape index (κ1) is 21.0. The lowest BCUT2D eigenvalue weighted by molar-refractivity contribution is -0.137. The number of halogens is 3. The molecule has 1 aliphatic heterocycles. The summed E-state index contributed by atoms with van der Waals surface area (Å²) in [6, 6.07) is -0.334. The van der Waals surface area contributed by atoms with Crippen molar-refractivity contribution in [1.29, 1.82) is 0 Å². The van der Waals surface area contributed by atoms with Crippen LogP contribution in [0.15, 0.2) is 0 Å².